The zero-order chi connectivity index (χ0) is 11.8. The van der Waals surface area contributed by atoms with Gasteiger partial charge in [-0.05, 0) is 31.7 Å². The van der Waals surface area contributed by atoms with Crippen LogP contribution in [0.4, 0.5) is 0 Å². The minimum absolute atomic E-state index is 0.848. The van der Waals surface area contributed by atoms with Crippen molar-refractivity contribution in [2.45, 2.75) is 39.5 Å². The predicted octanol–water partition coefficient (Wildman–Crippen LogP) is 2.54. The quantitative estimate of drug-likeness (QED) is 0.742. The van der Waals surface area contributed by atoms with Crippen LogP contribution >= 0.6 is 11.8 Å². The summed E-state index contributed by atoms with van der Waals surface area (Å²) in [6, 6.07) is 2.06. The number of aryl methyl sites for hydroxylation is 1. The summed E-state index contributed by atoms with van der Waals surface area (Å²) in [6.07, 6.45) is 1.16. The van der Waals surface area contributed by atoms with E-state index in [0.29, 0.717) is 0 Å². The van der Waals surface area contributed by atoms with Crippen LogP contribution in [0.1, 0.15) is 37.5 Å². The number of hydrogen-bond donors (Lipinski definition) is 1. The summed E-state index contributed by atoms with van der Waals surface area (Å²) < 4.78 is 0. The molecule has 0 radical (unpaired) electrons. The van der Waals surface area contributed by atoms with Crippen LogP contribution in [-0.4, -0.2) is 22.3 Å². The molecule has 0 aliphatic carbocycles. The van der Waals surface area contributed by atoms with Gasteiger partial charge in [0.25, 0.3) is 0 Å². The second kappa shape index (κ2) is 7.63. The van der Waals surface area contributed by atoms with Gasteiger partial charge in [0.15, 0.2) is 0 Å². The summed E-state index contributed by atoms with van der Waals surface area (Å²) in [5.74, 6) is 2.99. The smallest absolute Gasteiger partial charge is 0.138 e. The van der Waals surface area contributed by atoms with Crippen LogP contribution in [0.15, 0.2) is 6.07 Å². The first-order valence-electron chi connectivity index (χ1n) is 5.88. The average molecular weight is 239 g/mol. The van der Waals surface area contributed by atoms with E-state index >= 15 is 0 Å². The van der Waals surface area contributed by atoms with Crippen molar-refractivity contribution >= 4 is 11.8 Å². The highest BCUT2D eigenvalue weighted by Gasteiger charge is 2.01. The fraction of sp³-hybridized carbons (Fsp3) is 0.667. The molecule has 16 heavy (non-hydrogen) atoms. The van der Waals surface area contributed by atoms with Gasteiger partial charge in [0.05, 0.1) is 11.4 Å². The average Bonchev–Trinajstić information content (AvgIpc) is 2.26. The highest BCUT2D eigenvalue weighted by molar-refractivity contribution is 7.98. The molecule has 1 aromatic heterocycles. The van der Waals surface area contributed by atoms with Crippen LogP contribution in [0, 0.1) is 6.92 Å². The summed E-state index contributed by atoms with van der Waals surface area (Å²) in [5, 5.41) is 3.36. The number of nitrogens with one attached hydrogen (secondary N) is 1. The highest BCUT2D eigenvalue weighted by Crippen LogP contribution is 2.09. The normalized spacial score (nSPS) is 10.7. The van der Waals surface area contributed by atoms with Gasteiger partial charge in [-0.25, -0.2) is 9.97 Å². The Hall–Kier alpha value is -0.610. The van der Waals surface area contributed by atoms with Gasteiger partial charge in [-0.1, -0.05) is 13.8 Å². The van der Waals surface area contributed by atoms with Crippen LogP contribution < -0.4 is 5.32 Å². The van der Waals surface area contributed by atoms with E-state index in [-0.39, 0.29) is 0 Å². The lowest BCUT2D eigenvalue weighted by molar-refractivity contribution is 0.659. The molecular weight excluding hydrogens is 218 g/mol. The molecule has 0 unspecified atom stereocenters. The Labute approximate surface area is 102 Å². The van der Waals surface area contributed by atoms with Crippen molar-refractivity contribution in [3.63, 3.8) is 0 Å². The van der Waals surface area contributed by atoms with E-state index in [2.05, 4.69) is 35.2 Å². The lowest BCUT2D eigenvalue weighted by Gasteiger charge is -2.06. The topological polar surface area (TPSA) is 37.8 Å². The molecule has 0 fully saturated rings. The Morgan fingerprint density at radius 1 is 1.31 bits per heavy atom. The van der Waals surface area contributed by atoms with Gasteiger partial charge in [0.2, 0.25) is 0 Å². The summed E-state index contributed by atoms with van der Waals surface area (Å²) in [5.41, 5.74) is 2.17. The summed E-state index contributed by atoms with van der Waals surface area (Å²) in [6.45, 7) is 8.25. The molecule has 0 bridgehead atoms. The van der Waals surface area contributed by atoms with Gasteiger partial charge in [0, 0.05) is 12.2 Å². The minimum Gasteiger partial charge on any atom is -0.311 e. The number of rotatable bonds is 7. The van der Waals surface area contributed by atoms with Gasteiger partial charge >= 0.3 is 0 Å². The zero-order valence-corrected chi connectivity index (χ0v) is 11.2. The van der Waals surface area contributed by atoms with Gasteiger partial charge in [-0.3, -0.25) is 0 Å². The molecule has 0 aliphatic heterocycles. The molecule has 0 saturated carbocycles. The molecule has 0 amide bonds. The monoisotopic (exact) mass is 239 g/mol. The Morgan fingerprint density at radius 2 is 2.12 bits per heavy atom. The first kappa shape index (κ1) is 13.5. The fourth-order valence-corrected chi connectivity index (χ4v) is 1.96. The molecule has 1 N–H and O–H groups in total. The molecule has 90 valence electrons. The third-order valence-electron chi connectivity index (χ3n) is 2.12. The van der Waals surface area contributed by atoms with Crippen molar-refractivity contribution in [1.29, 1.82) is 0 Å². The lowest BCUT2D eigenvalue weighted by atomic mass is 10.3. The maximum atomic E-state index is 4.55. The Balaban J connectivity index is 2.58. The molecule has 0 aromatic carbocycles. The van der Waals surface area contributed by atoms with Crippen LogP contribution in [0.2, 0.25) is 0 Å². The molecule has 1 heterocycles. The first-order valence-corrected chi connectivity index (χ1v) is 7.03. The van der Waals surface area contributed by atoms with Crippen LogP contribution in [0.3, 0.4) is 0 Å². The van der Waals surface area contributed by atoms with Crippen LogP contribution in [0.5, 0.6) is 0 Å². The largest absolute Gasteiger partial charge is 0.311 e. The van der Waals surface area contributed by atoms with Crippen molar-refractivity contribution in [2.24, 2.45) is 0 Å². The van der Waals surface area contributed by atoms with Gasteiger partial charge < -0.3 is 5.32 Å². The van der Waals surface area contributed by atoms with E-state index in [1.165, 1.54) is 0 Å². The second-order valence-electron chi connectivity index (χ2n) is 3.73. The van der Waals surface area contributed by atoms with E-state index in [1.54, 1.807) is 0 Å². The summed E-state index contributed by atoms with van der Waals surface area (Å²) >= 11 is 1.86. The third-order valence-corrected chi connectivity index (χ3v) is 2.99. The minimum atomic E-state index is 0.848. The maximum absolute atomic E-state index is 4.55. The Bertz CT molecular complexity index is 315. The first-order chi connectivity index (χ1) is 7.76. The second-order valence-corrected chi connectivity index (χ2v) is 5.01. The summed E-state index contributed by atoms with van der Waals surface area (Å²) in [4.78, 5) is 8.99. The van der Waals surface area contributed by atoms with E-state index in [1.807, 2.05) is 18.7 Å². The molecule has 0 spiro atoms. The summed E-state index contributed by atoms with van der Waals surface area (Å²) in [7, 11) is 0. The molecule has 0 aliphatic rings. The molecule has 0 saturated heterocycles. The van der Waals surface area contributed by atoms with E-state index in [9.17, 15) is 0 Å². The fourth-order valence-electron chi connectivity index (χ4n) is 1.44. The zero-order valence-electron chi connectivity index (χ0n) is 10.4. The van der Waals surface area contributed by atoms with Crippen molar-refractivity contribution < 1.29 is 0 Å². The van der Waals surface area contributed by atoms with E-state index < -0.39 is 0 Å². The van der Waals surface area contributed by atoms with Crippen LogP contribution in [-0.2, 0) is 12.3 Å². The highest BCUT2D eigenvalue weighted by atomic mass is 32.2. The molecule has 4 heteroatoms. The Morgan fingerprint density at radius 3 is 2.81 bits per heavy atom. The van der Waals surface area contributed by atoms with Crippen molar-refractivity contribution in [3.05, 3.63) is 23.3 Å². The maximum Gasteiger partial charge on any atom is 0.138 e. The standard InChI is InChI=1S/C12H21N3S/c1-4-6-13-8-11-7-10(3)14-12(15-11)9-16-5-2/h7,13H,4-6,8-9H2,1-3H3. The van der Waals surface area contributed by atoms with E-state index in [4.69, 9.17) is 0 Å². The van der Waals surface area contributed by atoms with Gasteiger partial charge in [0.1, 0.15) is 5.82 Å². The molecular formula is C12H21N3S. The number of nitrogens with zero attached hydrogens (tertiary/aromatic N) is 2. The molecule has 3 nitrogen and oxygen atoms in total. The van der Waals surface area contributed by atoms with Crippen molar-refractivity contribution in [2.75, 3.05) is 12.3 Å². The molecule has 1 rings (SSSR count). The molecule has 0 atom stereocenters. The van der Waals surface area contributed by atoms with E-state index in [0.717, 1.165) is 48.2 Å². The van der Waals surface area contributed by atoms with Gasteiger partial charge in [-0.15, -0.1) is 0 Å². The number of hydrogen-bond acceptors (Lipinski definition) is 4. The SMILES string of the molecule is CCCNCc1cc(C)nc(CSCC)n1. The predicted molar refractivity (Wildman–Crippen MR) is 70.6 cm³/mol. The van der Waals surface area contributed by atoms with Gasteiger partial charge in [-0.2, -0.15) is 11.8 Å². The third kappa shape index (κ3) is 4.94. The molecule has 1 aromatic rings. The van der Waals surface area contributed by atoms with Crippen LogP contribution in [0.25, 0.3) is 0 Å². The Kier molecular flexibility index (Phi) is 6.42. The van der Waals surface area contributed by atoms with Crippen molar-refractivity contribution in [3.8, 4) is 0 Å². The van der Waals surface area contributed by atoms with Crippen molar-refractivity contribution in [1.82, 2.24) is 15.3 Å². The number of aromatic nitrogens is 2. The lowest BCUT2D eigenvalue weighted by Crippen LogP contribution is -2.15. The number of thioether (sulfide) groups is 1.